The lowest BCUT2D eigenvalue weighted by molar-refractivity contribution is 0.0751. The van der Waals surface area contributed by atoms with Crippen LogP contribution in [-0.4, -0.2) is 28.7 Å². The summed E-state index contributed by atoms with van der Waals surface area (Å²) in [6.45, 7) is 0.774. The van der Waals surface area contributed by atoms with Crippen molar-refractivity contribution in [3.05, 3.63) is 33.8 Å². The molecule has 17 heavy (non-hydrogen) atoms. The van der Waals surface area contributed by atoms with Gasteiger partial charge in [0.15, 0.2) is 0 Å². The van der Waals surface area contributed by atoms with Crippen molar-refractivity contribution in [1.82, 2.24) is 4.90 Å². The highest BCUT2D eigenvalue weighted by Gasteiger charge is 2.30. The molecule has 1 atom stereocenters. The van der Waals surface area contributed by atoms with Crippen molar-refractivity contribution in [2.24, 2.45) is 0 Å². The summed E-state index contributed by atoms with van der Waals surface area (Å²) >= 11 is 15.5. The third kappa shape index (κ3) is 2.61. The summed E-state index contributed by atoms with van der Waals surface area (Å²) in [6, 6.07) is 5.38. The number of nitrogens with zero attached hydrogens (tertiary/aromatic N) is 1. The zero-order chi connectivity index (χ0) is 12.4. The normalized spacial score (nSPS) is 19.7. The van der Waals surface area contributed by atoms with Crippen molar-refractivity contribution in [3.8, 4) is 0 Å². The number of amides is 1. The van der Waals surface area contributed by atoms with Crippen molar-refractivity contribution in [2.45, 2.75) is 18.9 Å². The molecule has 1 amide bonds. The molecular formula is C12H12BrCl2NO. The summed E-state index contributed by atoms with van der Waals surface area (Å²) in [7, 11) is 0. The van der Waals surface area contributed by atoms with Gasteiger partial charge >= 0.3 is 0 Å². The lowest BCUT2D eigenvalue weighted by Gasteiger charge is -2.24. The molecule has 1 aromatic carbocycles. The summed E-state index contributed by atoms with van der Waals surface area (Å²) in [6.07, 6.45) is 2.06. The molecule has 92 valence electrons. The van der Waals surface area contributed by atoms with Crippen LogP contribution in [0.2, 0.25) is 10.0 Å². The first-order valence-electron chi connectivity index (χ1n) is 5.46. The molecule has 2 nitrogen and oxygen atoms in total. The molecule has 1 heterocycles. The number of likely N-dealkylation sites (tertiary alicyclic amines) is 1. The van der Waals surface area contributed by atoms with E-state index in [0.717, 1.165) is 24.7 Å². The molecule has 1 saturated heterocycles. The molecule has 1 unspecified atom stereocenters. The van der Waals surface area contributed by atoms with Crippen molar-refractivity contribution in [3.63, 3.8) is 0 Å². The SMILES string of the molecule is O=C(c1c(Cl)cccc1Cl)N1CCCC1CBr. The third-order valence-corrected chi connectivity index (χ3v) is 4.37. The van der Waals surface area contributed by atoms with Crippen molar-refractivity contribution in [2.75, 3.05) is 11.9 Å². The molecule has 2 rings (SSSR count). The van der Waals surface area contributed by atoms with Gasteiger partial charge in [0.2, 0.25) is 0 Å². The highest BCUT2D eigenvalue weighted by molar-refractivity contribution is 9.09. The molecular weight excluding hydrogens is 325 g/mol. The number of carbonyl (C=O) groups is 1. The molecule has 0 saturated carbocycles. The van der Waals surface area contributed by atoms with E-state index in [1.807, 2.05) is 4.90 Å². The average molecular weight is 337 g/mol. The van der Waals surface area contributed by atoms with E-state index in [-0.39, 0.29) is 11.9 Å². The van der Waals surface area contributed by atoms with E-state index in [4.69, 9.17) is 23.2 Å². The van der Waals surface area contributed by atoms with Gasteiger partial charge in [0.1, 0.15) is 0 Å². The average Bonchev–Trinajstić information content (AvgIpc) is 2.76. The van der Waals surface area contributed by atoms with Gasteiger partial charge in [0.05, 0.1) is 15.6 Å². The summed E-state index contributed by atoms with van der Waals surface area (Å²) in [5, 5.41) is 1.63. The van der Waals surface area contributed by atoms with Gasteiger partial charge in [0.25, 0.3) is 5.91 Å². The maximum absolute atomic E-state index is 12.4. The Kier molecular flexibility index (Phi) is 4.34. The molecule has 0 bridgehead atoms. The predicted molar refractivity (Wildman–Crippen MR) is 74.3 cm³/mol. The standard InChI is InChI=1S/C12H12BrCl2NO/c13-7-8-3-2-6-16(8)12(17)11-9(14)4-1-5-10(11)15/h1,4-5,8H,2-3,6-7H2. The summed E-state index contributed by atoms with van der Waals surface area (Å²) in [5.41, 5.74) is 0.420. The Morgan fingerprint density at radius 3 is 2.65 bits per heavy atom. The van der Waals surface area contributed by atoms with Crippen LogP contribution in [0.15, 0.2) is 18.2 Å². The minimum absolute atomic E-state index is 0.0671. The fraction of sp³-hybridized carbons (Fsp3) is 0.417. The lowest BCUT2D eigenvalue weighted by atomic mass is 10.2. The van der Waals surface area contributed by atoms with Crippen molar-refractivity contribution >= 4 is 45.0 Å². The molecule has 1 aliphatic rings. The zero-order valence-electron chi connectivity index (χ0n) is 9.13. The first kappa shape index (κ1) is 13.2. The van der Waals surface area contributed by atoms with Gasteiger partial charge in [-0.05, 0) is 25.0 Å². The number of carbonyl (C=O) groups excluding carboxylic acids is 1. The number of halogens is 3. The van der Waals surface area contributed by atoms with E-state index in [2.05, 4.69) is 15.9 Å². The van der Waals surface area contributed by atoms with E-state index in [1.54, 1.807) is 18.2 Å². The highest BCUT2D eigenvalue weighted by Crippen LogP contribution is 2.29. The second-order valence-corrected chi connectivity index (χ2v) is 5.51. The molecule has 0 spiro atoms. The van der Waals surface area contributed by atoms with Crippen LogP contribution in [0.4, 0.5) is 0 Å². The van der Waals surface area contributed by atoms with Gasteiger partial charge in [-0.3, -0.25) is 4.79 Å². The zero-order valence-corrected chi connectivity index (χ0v) is 12.2. The molecule has 0 aromatic heterocycles. The first-order valence-corrected chi connectivity index (χ1v) is 7.34. The van der Waals surface area contributed by atoms with Crippen LogP contribution < -0.4 is 0 Å². The molecule has 0 radical (unpaired) electrons. The highest BCUT2D eigenvalue weighted by atomic mass is 79.9. The first-order chi connectivity index (χ1) is 8.15. The van der Waals surface area contributed by atoms with Crippen LogP contribution in [0.5, 0.6) is 0 Å². The Morgan fingerprint density at radius 2 is 2.06 bits per heavy atom. The van der Waals surface area contributed by atoms with E-state index >= 15 is 0 Å². The number of rotatable bonds is 2. The second kappa shape index (κ2) is 5.59. The predicted octanol–water partition coefficient (Wildman–Crippen LogP) is 3.99. The fourth-order valence-corrected chi connectivity index (χ4v) is 3.34. The molecule has 0 N–H and O–H groups in total. The molecule has 1 aromatic rings. The number of hydrogen-bond acceptors (Lipinski definition) is 1. The number of alkyl halides is 1. The monoisotopic (exact) mass is 335 g/mol. The maximum atomic E-state index is 12.4. The third-order valence-electron chi connectivity index (χ3n) is 2.99. The minimum Gasteiger partial charge on any atom is -0.335 e. The van der Waals surface area contributed by atoms with Gasteiger partial charge < -0.3 is 4.90 Å². The number of hydrogen-bond donors (Lipinski definition) is 0. The van der Waals surface area contributed by atoms with Crippen LogP contribution in [0.25, 0.3) is 0 Å². The van der Waals surface area contributed by atoms with Gasteiger partial charge in [-0.2, -0.15) is 0 Å². The summed E-state index contributed by atoms with van der Waals surface area (Å²) < 4.78 is 0. The Bertz CT molecular complexity index is 418. The Morgan fingerprint density at radius 1 is 1.41 bits per heavy atom. The minimum atomic E-state index is -0.0671. The van der Waals surface area contributed by atoms with Crippen molar-refractivity contribution in [1.29, 1.82) is 0 Å². The quantitative estimate of drug-likeness (QED) is 0.748. The van der Waals surface area contributed by atoms with E-state index in [0.29, 0.717) is 15.6 Å². The Hall–Kier alpha value is -0.250. The topological polar surface area (TPSA) is 20.3 Å². The molecule has 5 heteroatoms. The van der Waals surface area contributed by atoms with Crippen LogP contribution in [-0.2, 0) is 0 Å². The van der Waals surface area contributed by atoms with Gasteiger partial charge in [-0.25, -0.2) is 0 Å². The second-order valence-electron chi connectivity index (χ2n) is 4.05. The smallest absolute Gasteiger partial charge is 0.257 e. The van der Waals surface area contributed by atoms with E-state index in [9.17, 15) is 4.79 Å². The Balaban J connectivity index is 2.31. The van der Waals surface area contributed by atoms with Crippen LogP contribution in [0.3, 0.4) is 0 Å². The van der Waals surface area contributed by atoms with Crippen molar-refractivity contribution < 1.29 is 4.79 Å². The van der Waals surface area contributed by atoms with E-state index < -0.39 is 0 Å². The summed E-state index contributed by atoms with van der Waals surface area (Å²) in [5.74, 6) is -0.0671. The van der Waals surface area contributed by atoms with Gasteiger partial charge in [-0.1, -0.05) is 45.2 Å². The van der Waals surface area contributed by atoms with E-state index in [1.165, 1.54) is 0 Å². The maximum Gasteiger partial charge on any atom is 0.257 e. The largest absolute Gasteiger partial charge is 0.335 e. The molecule has 1 fully saturated rings. The summed E-state index contributed by atoms with van der Waals surface area (Å²) in [4.78, 5) is 14.2. The molecule has 0 aliphatic carbocycles. The number of benzene rings is 1. The van der Waals surface area contributed by atoms with Crippen LogP contribution in [0, 0.1) is 0 Å². The lowest BCUT2D eigenvalue weighted by Crippen LogP contribution is -2.36. The van der Waals surface area contributed by atoms with Gasteiger partial charge in [-0.15, -0.1) is 0 Å². The Labute approximate surface area is 119 Å². The molecule has 1 aliphatic heterocycles. The van der Waals surface area contributed by atoms with Gasteiger partial charge in [0, 0.05) is 17.9 Å². The van der Waals surface area contributed by atoms with Crippen LogP contribution >= 0.6 is 39.1 Å². The fourth-order valence-electron chi connectivity index (χ4n) is 2.11. The van der Waals surface area contributed by atoms with Crippen LogP contribution in [0.1, 0.15) is 23.2 Å².